The third-order valence-corrected chi connectivity index (χ3v) is 12.1. The number of likely N-dealkylation sites (N-methyl/N-ethyl adjacent to an activating group) is 1. The Bertz CT molecular complexity index is 1940. The maximum atomic E-state index is 14.0. The lowest BCUT2D eigenvalue weighted by molar-refractivity contribution is -0.146. The second-order valence-electron chi connectivity index (χ2n) is 16.2. The molecule has 1 fully saturated rings. The van der Waals surface area contributed by atoms with E-state index in [4.69, 9.17) is 18.9 Å². The van der Waals surface area contributed by atoms with Crippen molar-refractivity contribution in [1.82, 2.24) is 30.7 Å². The Morgan fingerprint density at radius 2 is 1.53 bits per heavy atom. The van der Waals surface area contributed by atoms with E-state index in [2.05, 4.69) is 25.7 Å². The number of thiazole rings is 1. The number of esters is 1. The smallest absolute Gasteiger partial charge is 0.313 e. The van der Waals surface area contributed by atoms with Gasteiger partial charge in [0.25, 0.3) is 0 Å². The van der Waals surface area contributed by atoms with Gasteiger partial charge in [-0.15, -0.1) is 11.3 Å². The Labute approximate surface area is 384 Å². The van der Waals surface area contributed by atoms with Crippen LogP contribution in [0.15, 0.2) is 11.6 Å². The average molecular weight is 965 g/mol. The minimum atomic E-state index is -2.39. The predicted molar refractivity (Wildman–Crippen MR) is 228 cm³/mol. The number of likely N-dealkylation sites (tertiary alicyclic amines) is 1. The van der Waals surface area contributed by atoms with Gasteiger partial charge in [0.05, 0.1) is 82.6 Å². The van der Waals surface area contributed by atoms with Crippen LogP contribution in [-0.2, 0) is 54.3 Å². The average Bonchev–Trinajstić information content (AvgIpc) is 4.01. The number of rotatable bonds is 27. The maximum Gasteiger partial charge on any atom is 0.313 e. The maximum absolute atomic E-state index is 14.0. The van der Waals surface area contributed by atoms with Crippen LogP contribution >= 0.6 is 11.3 Å². The van der Waals surface area contributed by atoms with E-state index in [1.54, 1.807) is 25.1 Å². The number of nitrogens with zero attached hydrogens (tertiary/aromatic N) is 3. The highest BCUT2D eigenvalue weighted by molar-refractivity contribution is 7.09. The third-order valence-electron chi connectivity index (χ3n) is 11.3. The number of amides is 5. The zero-order valence-corrected chi connectivity index (χ0v) is 39.3. The molecule has 3 rings (SSSR count). The predicted octanol–water partition coefficient (Wildman–Crippen LogP) is 3.81. The molecule has 6 atom stereocenters. The van der Waals surface area contributed by atoms with E-state index in [1.807, 2.05) is 19.2 Å². The highest BCUT2D eigenvalue weighted by atomic mass is 32.1. The summed E-state index contributed by atoms with van der Waals surface area (Å²) in [5, 5.41) is 10.7. The largest absolute Gasteiger partial charge is 0.420 e. The quantitative estimate of drug-likeness (QED) is 0.0292. The Hall–Kier alpha value is -4.84. The fraction of sp³-hybridized carbons (Fsp3) is 0.651. The molecule has 0 bridgehead atoms. The first-order valence-electron chi connectivity index (χ1n) is 21.4. The molecule has 1 aromatic heterocycles. The van der Waals surface area contributed by atoms with Crippen LogP contribution in [0.1, 0.15) is 78.2 Å². The van der Waals surface area contributed by atoms with Crippen LogP contribution in [0.2, 0.25) is 0 Å². The molecular weight excluding hydrogens is 904 g/mol. The molecule has 1 saturated heterocycles. The summed E-state index contributed by atoms with van der Waals surface area (Å²) < 4.78 is 93.7. The van der Waals surface area contributed by atoms with Crippen LogP contribution in [-0.4, -0.2) is 141 Å². The van der Waals surface area contributed by atoms with Crippen molar-refractivity contribution < 1.29 is 74.4 Å². The van der Waals surface area contributed by atoms with Crippen LogP contribution in [0.3, 0.4) is 0 Å². The van der Waals surface area contributed by atoms with Crippen molar-refractivity contribution in [2.75, 3.05) is 60.8 Å². The number of carbonyl (C=O) groups excluding carboxylic acids is 6. The summed E-state index contributed by atoms with van der Waals surface area (Å²) in [5.41, 5.74) is -1.45. The number of aromatic nitrogens is 1. The van der Waals surface area contributed by atoms with Gasteiger partial charge in [-0.2, -0.15) is 8.78 Å². The van der Waals surface area contributed by atoms with E-state index >= 15 is 0 Å². The minimum Gasteiger partial charge on any atom is -0.420 e. The van der Waals surface area contributed by atoms with Crippen LogP contribution in [0.4, 0.5) is 22.0 Å². The Morgan fingerprint density at radius 3 is 2.11 bits per heavy atom. The molecule has 1 aliphatic heterocycles. The standard InChI is InChI=1S/C43H61F5N6O11S/c1-9-24(2)38(27(61-7)21-30(56)54-15-10-11-26(54)39(62-8)25(3)41(59)50-22-29-49-14-20-66-29)53(6)31(57)23-51-42(60)43(4,5)52-28(55)12-16-63-18-19-64-17-13-32(58)65-40-36(47)34(45)33(44)35(46)37(40)48/h14,20,24-27,38-39H,9-13,15-19,21-23H2,1-8H3,(H,50,59)(H,51,60)(H,52,55). The highest BCUT2D eigenvalue weighted by Gasteiger charge is 2.42. The van der Waals surface area contributed by atoms with Gasteiger partial charge in [0.1, 0.15) is 10.5 Å². The first kappa shape index (κ1) is 55.5. The van der Waals surface area contributed by atoms with Gasteiger partial charge in [-0.05, 0) is 32.6 Å². The number of nitrogens with one attached hydrogen (secondary N) is 3. The van der Waals surface area contributed by atoms with Gasteiger partial charge in [-0.3, -0.25) is 28.8 Å². The summed E-state index contributed by atoms with van der Waals surface area (Å²) in [6.45, 7) is 8.27. The Morgan fingerprint density at radius 1 is 0.909 bits per heavy atom. The number of hydrogen-bond acceptors (Lipinski definition) is 13. The van der Waals surface area contributed by atoms with Crippen molar-refractivity contribution in [1.29, 1.82) is 0 Å². The molecule has 0 aliphatic carbocycles. The highest BCUT2D eigenvalue weighted by Crippen LogP contribution is 2.31. The van der Waals surface area contributed by atoms with Crippen molar-refractivity contribution in [2.24, 2.45) is 11.8 Å². The van der Waals surface area contributed by atoms with Crippen molar-refractivity contribution in [3.8, 4) is 5.75 Å². The minimum absolute atomic E-state index is 0.0555. The van der Waals surface area contributed by atoms with Crippen LogP contribution in [0.5, 0.6) is 5.75 Å². The van der Waals surface area contributed by atoms with E-state index < -0.39 is 101 Å². The van der Waals surface area contributed by atoms with Gasteiger partial charge >= 0.3 is 5.97 Å². The number of benzene rings is 1. The van der Waals surface area contributed by atoms with Crippen molar-refractivity contribution >= 4 is 46.8 Å². The first-order chi connectivity index (χ1) is 31.2. The molecule has 0 radical (unpaired) electrons. The summed E-state index contributed by atoms with van der Waals surface area (Å²) in [5.74, 6) is -17.3. The summed E-state index contributed by atoms with van der Waals surface area (Å²) in [4.78, 5) is 85.8. The van der Waals surface area contributed by atoms with Crippen LogP contribution in [0.25, 0.3) is 0 Å². The summed E-state index contributed by atoms with van der Waals surface area (Å²) in [6, 6.07) is -0.929. The molecule has 3 N–H and O–H groups in total. The number of carbonyl (C=O) groups is 6. The topological polar surface area (TPSA) is 204 Å². The lowest BCUT2D eigenvalue weighted by Crippen LogP contribution is -2.57. The van der Waals surface area contributed by atoms with E-state index in [-0.39, 0.29) is 69.6 Å². The van der Waals surface area contributed by atoms with Crippen molar-refractivity contribution in [2.45, 2.75) is 110 Å². The Kier molecular flexibility index (Phi) is 22.3. The fourth-order valence-electron chi connectivity index (χ4n) is 7.44. The molecule has 6 unspecified atom stereocenters. The molecule has 66 heavy (non-hydrogen) atoms. The number of halogens is 5. The van der Waals surface area contributed by atoms with Crippen molar-refractivity contribution in [3.05, 3.63) is 45.7 Å². The van der Waals surface area contributed by atoms with Crippen LogP contribution in [0, 0.1) is 40.9 Å². The van der Waals surface area contributed by atoms with Gasteiger partial charge in [0, 0.05) is 45.8 Å². The summed E-state index contributed by atoms with van der Waals surface area (Å²) >= 11 is 1.43. The van der Waals surface area contributed by atoms with Gasteiger partial charge < -0.3 is 49.4 Å². The van der Waals surface area contributed by atoms with Gasteiger partial charge in [-0.1, -0.05) is 27.2 Å². The van der Waals surface area contributed by atoms with E-state index in [9.17, 15) is 50.7 Å². The van der Waals surface area contributed by atoms with E-state index in [0.717, 1.165) is 11.4 Å². The third kappa shape index (κ3) is 15.4. The molecule has 17 nitrogen and oxygen atoms in total. The van der Waals surface area contributed by atoms with E-state index in [0.29, 0.717) is 19.4 Å². The number of methoxy groups -OCH3 is 2. The lowest BCUT2D eigenvalue weighted by atomic mass is 9.90. The second-order valence-corrected chi connectivity index (χ2v) is 17.2. The number of hydrogen-bond donors (Lipinski definition) is 3. The molecule has 0 saturated carbocycles. The normalized spacial score (nSPS) is 16.2. The fourth-order valence-corrected chi connectivity index (χ4v) is 8.00. The molecule has 370 valence electrons. The molecule has 2 aromatic rings. The molecule has 0 spiro atoms. The van der Waals surface area contributed by atoms with Gasteiger partial charge in [0.2, 0.25) is 64.4 Å². The molecule has 1 aliphatic rings. The summed E-state index contributed by atoms with van der Waals surface area (Å²) in [7, 11) is 4.57. The number of ether oxygens (including phenoxy) is 5. The summed E-state index contributed by atoms with van der Waals surface area (Å²) in [6.07, 6.45) is 1.55. The van der Waals surface area contributed by atoms with Gasteiger partial charge in [0.15, 0.2) is 0 Å². The lowest BCUT2D eigenvalue weighted by Gasteiger charge is -2.39. The van der Waals surface area contributed by atoms with Crippen LogP contribution < -0.4 is 20.7 Å². The molecular formula is C43H61F5N6O11S. The molecule has 23 heteroatoms. The zero-order chi connectivity index (χ0) is 49.3. The Balaban J connectivity index is 1.44. The zero-order valence-electron chi connectivity index (χ0n) is 38.4. The molecule has 2 heterocycles. The monoisotopic (exact) mass is 964 g/mol. The van der Waals surface area contributed by atoms with Crippen molar-refractivity contribution in [3.63, 3.8) is 0 Å². The second kappa shape index (κ2) is 26.5. The first-order valence-corrected chi connectivity index (χ1v) is 22.3. The van der Waals surface area contributed by atoms with E-state index in [1.165, 1.54) is 44.3 Å². The molecule has 1 aromatic carbocycles. The SMILES string of the molecule is CCC(C)C(C(CC(=O)N1CCCC1C(OC)C(C)C(=O)NCc1nccs1)OC)N(C)C(=O)CNC(=O)C(C)(C)NC(=O)CCOCCOCCC(=O)Oc1c(F)c(F)c(F)c(F)c1F. The molecule has 5 amide bonds. The van der Waals surface area contributed by atoms with Gasteiger partial charge in [-0.25, -0.2) is 18.2 Å².